The van der Waals surface area contributed by atoms with Crippen LogP contribution in [0.25, 0.3) is 0 Å². The average Bonchev–Trinajstić information content (AvgIpc) is 2.29. The van der Waals surface area contributed by atoms with Gasteiger partial charge in [-0.15, -0.1) is 0 Å². The SMILES string of the molecule is COC(=O)C(CC(=O)O)Cc1ccc(C)cc1. The van der Waals surface area contributed by atoms with Gasteiger partial charge in [0.25, 0.3) is 0 Å². The maximum Gasteiger partial charge on any atom is 0.309 e. The molecule has 1 aromatic rings. The summed E-state index contributed by atoms with van der Waals surface area (Å²) in [6.07, 6.45) is 0.180. The van der Waals surface area contributed by atoms with E-state index < -0.39 is 17.9 Å². The van der Waals surface area contributed by atoms with Crippen LogP contribution in [0.15, 0.2) is 24.3 Å². The zero-order chi connectivity index (χ0) is 12.8. The minimum atomic E-state index is -0.993. The summed E-state index contributed by atoms with van der Waals surface area (Å²) in [6.45, 7) is 1.97. The van der Waals surface area contributed by atoms with E-state index in [2.05, 4.69) is 4.74 Å². The van der Waals surface area contributed by atoms with E-state index in [1.807, 2.05) is 31.2 Å². The van der Waals surface area contributed by atoms with Gasteiger partial charge in [-0.25, -0.2) is 0 Å². The van der Waals surface area contributed by atoms with Crippen LogP contribution < -0.4 is 0 Å². The number of ether oxygens (including phenoxy) is 1. The number of carboxylic acid groups (broad SMARTS) is 1. The van der Waals surface area contributed by atoms with Gasteiger partial charge in [0, 0.05) is 0 Å². The molecule has 0 saturated heterocycles. The Hall–Kier alpha value is -1.84. The van der Waals surface area contributed by atoms with E-state index >= 15 is 0 Å². The lowest BCUT2D eigenvalue weighted by atomic mass is 9.96. The van der Waals surface area contributed by atoms with Crippen molar-refractivity contribution < 1.29 is 19.4 Å². The Morgan fingerprint density at radius 2 is 1.88 bits per heavy atom. The highest BCUT2D eigenvalue weighted by molar-refractivity contribution is 5.79. The number of methoxy groups -OCH3 is 1. The molecular weight excluding hydrogens is 220 g/mol. The number of carbonyl (C=O) groups is 2. The van der Waals surface area contributed by atoms with Crippen LogP contribution in [-0.4, -0.2) is 24.2 Å². The monoisotopic (exact) mass is 236 g/mol. The number of aryl methyl sites for hydroxylation is 1. The standard InChI is InChI=1S/C13H16O4/c1-9-3-5-10(6-4-9)7-11(8-12(14)15)13(16)17-2/h3-6,11H,7-8H2,1-2H3,(H,14,15). The summed E-state index contributed by atoms with van der Waals surface area (Å²) < 4.78 is 4.61. The molecule has 0 aliphatic heterocycles. The summed E-state index contributed by atoms with van der Waals surface area (Å²) in [6, 6.07) is 7.66. The van der Waals surface area contributed by atoms with Gasteiger partial charge in [-0.3, -0.25) is 9.59 Å². The van der Waals surface area contributed by atoms with Gasteiger partial charge in [0.1, 0.15) is 0 Å². The quantitative estimate of drug-likeness (QED) is 0.792. The molecule has 0 saturated carbocycles. The maximum absolute atomic E-state index is 11.4. The summed E-state index contributed by atoms with van der Waals surface area (Å²) in [4.78, 5) is 22.1. The van der Waals surface area contributed by atoms with E-state index in [-0.39, 0.29) is 6.42 Å². The van der Waals surface area contributed by atoms with Crippen molar-refractivity contribution in [3.63, 3.8) is 0 Å². The van der Waals surface area contributed by atoms with Crippen LogP contribution in [-0.2, 0) is 20.7 Å². The van der Waals surface area contributed by atoms with E-state index in [0.717, 1.165) is 11.1 Å². The van der Waals surface area contributed by atoms with Gasteiger partial charge in [0.2, 0.25) is 0 Å². The number of aliphatic carboxylic acids is 1. The molecule has 1 unspecified atom stereocenters. The number of carbonyl (C=O) groups excluding carboxylic acids is 1. The normalized spacial score (nSPS) is 11.9. The second kappa shape index (κ2) is 6.03. The van der Waals surface area contributed by atoms with Crippen LogP contribution in [0.5, 0.6) is 0 Å². The van der Waals surface area contributed by atoms with Gasteiger partial charge in [-0.1, -0.05) is 29.8 Å². The molecule has 1 aromatic carbocycles. The number of carboxylic acids is 1. The second-order valence-electron chi connectivity index (χ2n) is 4.01. The zero-order valence-electron chi connectivity index (χ0n) is 9.97. The Kier molecular flexibility index (Phi) is 4.69. The molecule has 0 aliphatic rings. The molecule has 1 rings (SSSR count). The van der Waals surface area contributed by atoms with Crippen molar-refractivity contribution in [2.75, 3.05) is 7.11 Å². The third-order valence-electron chi connectivity index (χ3n) is 2.56. The minimum Gasteiger partial charge on any atom is -0.481 e. The molecule has 0 amide bonds. The Labute approximate surface area is 100 Å². The molecule has 0 spiro atoms. The third-order valence-corrected chi connectivity index (χ3v) is 2.56. The van der Waals surface area contributed by atoms with Gasteiger partial charge < -0.3 is 9.84 Å². The summed E-state index contributed by atoms with van der Waals surface area (Å²) in [7, 11) is 1.27. The second-order valence-corrected chi connectivity index (χ2v) is 4.01. The Bertz CT molecular complexity index is 394. The highest BCUT2D eigenvalue weighted by atomic mass is 16.5. The van der Waals surface area contributed by atoms with Gasteiger partial charge in [0.15, 0.2) is 0 Å². The first kappa shape index (κ1) is 13.2. The number of benzene rings is 1. The van der Waals surface area contributed by atoms with Crippen LogP contribution in [0.4, 0.5) is 0 Å². The smallest absolute Gasteiger partial charge is 0.309 e. The van der Waals surface area contributed by atoms with Gasteiger partial charge in [-0.2, -0.15) is 0 Å². The molecule has 0 bridgehead atoms. The van der Waals surface area contributed by atoms with Crippen LogP contribution in [0, 0.1) is 12.8 Å². The highest BCUT2D eigenvalue weighted by Crippen LogP contribution is 2.15. The fourth-order valence-corrected chi connectivity index (χ4v) is 1.62. The predicted octanol–water partition coefficient (Wildman–Crippen LogP) is 1.80. The maximum atomic E-state index is 11.4. The summed E-state index contributed by atoms with van der Waals surface area (Å²) in [5, 5.41) is 8.74. The first-order valence-electron chi connectivity index (χ1n) is 5.38. The minimum absolute atomic E-state index is 0.208. The number of hydrogen-bond acceptors (Lipinski definition) is 3. The van der Waals surface area contributed by atoms with E-state index in [9.17, 15) is 9.59 Å². The fourth-order valence-electron chi connectivity index (χ4n) is 1.62. The molecule has 0 heterocycles. The molecule has 4 heteroatoms. The average molecular weight is 236 g/mol. The molecule has 1 atom stereocenters. The number of rotatable bonds is 5. The lowest BCUT2D eigenvalue weighted by Crippen LogP contribution is -2.22. The van der Waals surface area contributed by atoms with Crippen molar-refractivity contribution in [2.45, 2.75) is 19.8 Å². The topological polar surface area (TPSA) is 63.6 Å². The van der Waals surface area contributed by atoms with E-state index in [4.69, 9.17) is 5.11 Å². The zero-order valence-corrected chi connectivity index (χ0v) is 9.97. The molecule has 4 nitrogen and oxygen atoms in total. The van der Waals surface area contributed by atoms with Crippen molar-refractivity contribution in [2.24, 2.45) is 5.92 Å². The fraction of sp³-hybridized carbons (Fsp3) is 0.385. The Morgan fingerprint density at radius 1 is 1.29 bits per heavy atom. The molecule has 1 N–H and O–H groups in total. The van der Waals surface area contributed by atoms with Crippen LogP contribution in [0.1, 0.15) is 17.5 Å². The Balaban J connectivity index is 2.75. The summed E-state index contributed by atoms with van der Waals surface area (Å²) >= 11 is 0. The van der Waals surface area contributed by atoms with E-state index in [1.165, 1.54) is 7.11 Å². The lowest BCUT2D eigenvalue weighted by molar-refractivity contribution is -0.150. The predicted molar refractivity (Wildman–Crippen MR) is 62.6 cm³/mol. The molecular formula is C13H16O4. The van der Waals surface area contributed by atoms with Crippen molar-refractivity contribution in [1.29, 1.82) is 0 Å². The lowest BCUT2D eigenvalue weighted by Gasteiger charge is -2.12. The third kappa shape index (κ3) is 4.26. The van der Waals surface area contributed by atoms with Crippen LogP contribution >= 0.6 is 0 Å². The largest absolute Gasteiger partial charge is 0.481 e. The summed E-state index contributed by atoms with van der Waals surface area (Å²) in [5.74, 6) is -2.10. The van der Waals surface area contributed by atoms with E-state index in [1.54, 1.807) is 0 Å². The van der Waals surface area contributed by atoms with Crippen molar-refractivity contribution in [3.8, 4) is 0 Å². The number of esters is 1. The van der Waals surface area contributed by atoms with Crippen molar-refractivity contribution in [3.05, 3.63) is 35.4 Å². The summed E-state index contributed by atoms with van der Waals surface area (Å²) in [5.41, 5.74) is 2.06. The first-order valence-corrected chi connectivity index (χ1v) is 5.38. The first-order chi connectivity index (χ1) is 8.02. The molecule has 92 valence electrons. The van der Waals surface area contributed by atoms with E-state index in [0.29, 0.717) is 6.42 Å². The molecule has 0 aromatic heterocycles. The number of hydrogen-bond donors (Lipinski definition) is 1. The van der Waals surface area contributed by atoms with Gasteiger partial charge in [0.05, 0.1) is 19.4 Å². The Morgan fingerprint density at radius 3 is 2.35 bits per heavy atom. The van der Waals surface area contributed by atoms with Gasteiger partial charge in [-0.05, 0) is 18.9 Å². The molecule has 0 radical (unpaired) electrons. The van der Waals surface area contributed by atoms with Crippen molar-refractivity contribution >= 4 is 11.9 Å². The molecule has 17 heavy (non-hydrogen) atoms. The van der Waals surface area contributed by atoms with Crippen molar-refractivity contribution in [1.82, 2.24) is 0 Å². The van der Waals surface area contributed by atoms with Gasteiger partial charge >= 0.3 is 11.9 Å². The molecule has 0 fully saturated rings. The molecule has 0 aliphatic carbocycles. The van der Waals surface area contributed by atoms with Crippen LogP contribution in [0.2, 0.25) is 0 Å². The highest BCUT2D eigenvalue weighted by Gasteiger charge is 2.22. The van der Waals surface area contributed by atoms with Crippen LogP contribution in [0.3, 0.4) is 0 Å².